The van der Waals surface area contributed by atoms with Crippen LogP contribution in [0.4, 0.5) is 0 Å². The number of hydrogen-bond donors (Lipinski definition) is 1. The molecule has 1 atom stereocenters. The second-order valence-electron chi connectivity index (χ2n) is 4.32. The van der Waals surface area contributed by atoms with E-state index in [1.54, 1.807) is 0 Å². The standard InChI is InChI=1S/C10H17NO6S/c1-18(15,16)7-8(10(13)14)6-9(12)11-2-4-17-5-3-11/h8H,2-7H2,1H3,(H,13,14). The van der Waals surface area contributed by atoms with Crippen molar-refractivity contribution in [3.63, 3.8) is 0 Å². The van der Waals surface area contributed by atoms with Crippen molar-refractivity contribution in [3.8, 4) is 0 Å². The summed E-state index contributed by atoms with van der Waals surface area (Å²) in [5.74, 6) is -3.30. The minimum Gasteiger partial charge on any atom is -0.481 e. The van der Waals surface area contributed by atoms with Gasteiger partial charge in [-0.05, 0) is 0 Å². The summed E-state index contributed by atoms with van der Waals surface area (Å²) in [6, 6.07) is 0. The molecule has 0 aromatic heterocycles. The number of sulfone groups is 1. The first-order valence-electron chi connectivity index (χ1n) is 5.55. The first-order chi connectivity index (χ1) is 8.29. The molecule has 1 aliphatic heterocycles. The van der Waals surface area contributed by atoms with E-state index >= 15 is 0 Å². The third-order valence-corrected chi connectivity index (χ3v) is 3.65. The van der Waals surface area contributed by atoms with Crippen LogP contribution in [0.25, 0.3) is 0 Å². The molecule has 0 saturated carbocycles. The van der Waals surface area contributed by atoms with E-state index in [1.165, 1.54) is 4.90 Å². The number of carbonyl (C=O) groups is 2. The molecule has 1 unspecified atom stereocenters. The van der Waals surface area contributed by atoms with Crippen LogP contribution < -0.4 is 0 Å². The van der Waals surface area contributed by atoms with Gasteiger partial charge in [-0.1, -0.05) is 0 Å². The smallest absolute Gasteiger partial charge is 0.308 e. The minimum absolute atomic E-state index is 0.289. The van der Waals surface area contributed by atoms with Crippen molar-refractivity contribution in [2.24, 2.45) is 5.92 Å². The second-order valence-corrected chi connectivity index (χ2v) is 6.51. The summed E-state index contributed by atoms with van der Waals surface area (Å²) in [5, 5.41) is 8.92. The maximum Gasteiger partial charge on any atom is 0.308 e. The summed E-state index contributed by atoms with van der Waals surface area (Å²) in [6.07, 6.45) is 0.671. The fourth-order valence-electron chi connectivity index (χ4n) is 1.74. The Balaban J connectivity index is 2.60. The number of aliphatic carboxylic acids is 1. The highest BCUT2D eigenvalue weighted by Crippen LogP contribution is 2.11. The lowest BCUT2D eigenvalue weighted by atomic mass is 10.1. The molecule has 1 rings (SSSR count). The van der Waals surface area contributed by atoms with E-state index in [9.17, 15) is 18.0 Å². The lowest BCUT2D eigenvalue weighted by Crippen LogP contribution is -2.42. The van der Waals surface area contributed by atoms with Gasteiger partial charge in [0, 0.05) is 25.8 Å². The Kier molecular flexibility index (Phi) is 5.09. The van der Waals surface area contributed by atoms with E-state index in [2.05, 4.69) is 0 Å². The topological polar surface area (TPSA) is 101 Å². The number of morpholine rings is 1. The van der Waals surface area contributed by atoms with E-state index in [4.69, 9.17) is 9.84 Å². The van der Waals surface area contributed by atoms with Crippen LogP contribution in [0.3, 0.4) is 0 Å². The molecule has 0 aromatic carbocycles. The van der Waals surface area contributed by atoms with Gasteiger partial charge in [-0.15, -0.1) is 0 Å². The molecule has 0 aromatic rings. The molecule has 0 bridgehead atoms. The molecule has 104 valence electrons. The third-order valence-electron chi connectivity index (χ3n) is 2.64. The Labute approximate surface area is 106 Å². The van der Waals surface area contributed by atoms with Crippen LogP contribution in [-0.4, -0.2) is 68.6 Å². The van der Waals surface area contributed by atoms with Crippen molar-refractivity contribution in [2.75, 3.05) is 38.3 Å². The first kappa shape index (κ1) is 14.9. The number of rotatable bonds is 5. The molecule has 1 saturated heterocycles. The zero-order valence-corrected chi connectivity index (χ0v) is 11.0. The van der Waals surface area contributed by atoms with Crippen molar-refractivity contribution in [2.45, 2.75) is 6.42 Å². The average molecular weight is 279 g/mol. The fraction of sp³-hybridized carbons (Fsp3) is 0.800. The molecule has 18 heavy (non-hydrogen) atoms. The van der Waals surface area contributed by atoms with Gasteiger partial charge in [0.2, 0.25) is 5.91 Å². The van der Waals surface area contributed by atoms with Crippen molar-refractivity contribution < 1.29 is 27.9 Å². The summed E-state index contributed by atoms with van der Waals surface area (Å²) < 4.78 is 27.3. The third kappa shape index (κ3) is 5.01. The van der Waals surface area contributed by atoms with Crippen LogP contribution in [0.2, 0.25) is 0 Å². The van der Waals surface area contributed by atoms with Crippen LogP contribution >= 0.6 is 0 Å². The van der Waals surface area contributed by atoms with Crippen molar-refractivity contribution >= 4 is 21.7 Å². The average Bonchev–Trinajstić information content (AvgIpc) is 2.27. The maximum absolute atomic E-state index is 11.8. The Bertz CT molecular complexity index is 412. The van der Waals surface area contributed by atoms with Gasteiger partial charge in [0.15, 0.2) is 0 Å². The number of amides is 1. The van der Waals surface area contributed by atoms with Crippen LogP contribution in [0.15, 0.2) is 0 Å². The van der Waals surface area contributed by atoms with Crippen molar-refractivity contribution in [3.05, 3.63) is 0 Å². The first-order valence-corrected chi connectivity index (χ1v) is 7.61. The highest BCUT2D eigenvalue weighted by atomic mass is 32.2. The molecule has 1 aliphatic rings. The highest BCUT2D eigenvalue weighted by molar-refractivity contribution is 7.90. The van der Waals surface area contributed by atoms with E-state index in [0.717, 1.165) is 6.26 Å². The minimum atomic E-state index is -3.42. The number of carboxylic acid groups (broad SMARTS) is 1. The summed E-state index contributed by atoms with van der Waals surface area (Å²) in [6.45, 7) is 1.69. The largest absolute Gasteiger partial charge is 0.481 e. The van der Waals surface area contributed by atoms with Crippen molar-refractivity contribution in [1.82, 2.24) is 4.90 Å². The molecule has 1 heterocycles. The van der Waals surface area contributed by atoms with Gasteiger partial charge in [0.05, 0.1) is 24.9 Å². The molecule has 1 amide bonds. The summed E-state index contributed by atoms with van der Waals surface area (Å²) in [7, 11) is -3.42. The molecule has 0 aliphatic carbocycles. The van der Waals surface area contributed by atoms with Crippen molar-refractivity contribution in [1.29, 1.82) is 0 Å². The monoisotopic (exact) mass is 279 g/mol. The SMILES string of the molecule is CS(=O)(=O)CC(CC(=O)N1CCOCC1)C(=O)O. The molecule has 8 heteroatoms. The van der Waals surface area contributed by atoms with Crippen LogP contribution in [0.5, 0.6) is 0 Å². The van der Waals surface area contributed by atoms with Gasteiger partial charge >= 0.3 is 5.97 Å². The second kappa shape index (κ2) is 6.14. The lowest BCUT2D eigenvalue weighted by molar-refractivity contribution is -0.146. The summed E-state index contributed by atoms with van der Waals surface area (Å²) in [5.41, 5.74) is 0. The van der Waals surface area contributed by atoms with Gasteiger partial charge < -0.3 is 14.7 Å². The van der Waals surface area contributed by atoms with E-state index in [0.29, 0.717) is 26.3 Å². The number of carboxylic acids is 1. The Morgan fingerprint density at radius 1 is 1.33 bits per heavy atom. The zero-order valence-electron chi connectivity index (χ0n) is 10.2. The molecular formula is C10H17NO6S. The van der Waals surface area contributed by atoms with Crippen LogP contribution in [-0.2, 0) is 24.2 Å². The van der Waals surface area contributed by atoms with Gasteiger partial charge in [0.1, 0.15) is 9.84 Å². The molecule has 0 spiro atoms. The predicted molar refractivity (Wildman–Crippen MR) is 62.9 cm³/mol. The maximum atomic E-state index is 11.8. The van der Waals surface area contributed by atoms with Crippen LogP contribution in [0, 0.1) is 5.92 Å². The number of carbonyl (C=O) groups excluding carboxylic acids is 1. The quantitative estimate of drug-likeness (QED) is 0.691. The predicted octanol–water partition coefficient (Wildman–Crippen LogP) is -1.02. The number of hydrogen-bond acceptors (Lipinski definition) is 5. The zero-order chi connectivity index (χ0) is 13.8. The van der Waals surface area contributed by atoms with E-state index < -0.39 is 27.5 Å². The summed E-state index contributed by atoms with van der Waals surface area (Å²) in [4.78, 5) is 24.2. The summed E-state index contributed by atoms with van der Waals surface area (Å²) >= 11 is 0. The number of ether oxygens (including phenoxy) is 1. The molecule has 0 radical (unpaired) electrons. The van der Waals surface area contributed by atoms with E-state index in [1.807, 2.05) is 0 Å². The van der Waals surface area contributed by atoms with Gasteiger partial charge in [-0.3, -0.25) is 9.59 Å². The lowest BCUT2D eigenvalue weighted by Gasteiger charge is -2.27. The Morgan fingerprint density at radius 3 is 2.33 bits per heavy atom. The van der Waals surface area contributed by atoms with Gasteiger partial charge in [-0.25, -0.2) is 8.42 Å². The van der Waals surface area contributed by atoms with Gasteiger partial charge in [0.25, 0.3) is 0 Å². The van der Waals surface area contributed by atoms with Crippen LogP contribution in [0.1, 0.15) is 6.42 Å². The van der Waals surface area contributed by atoms with E-state index in [-0.39, 0.29) is 12.3 Å². The van der Waals surface area contributed by atoms with Gasteiger partial charge in [-0.2, -0.15) is 0 Å². The highest BCUT2D eigenvalue weighted by Gasteiger charge is 2.28. The normalized spacial score (nSPS) is 18.4. The molecule has 1 fully saturated rings. The molecular weight excluding hydrogens is 262 g/mol. The number of nitrogens with zero attached hydrogens (tertiary/aromatic N) is 1. The molecule has 7 nitrogen and oxygen atoms in total. The molecule has 1 N–H and O–H groups in total. The Hall–Kier alpha value is -1.15. The Morgan fingerprint density at radius 2 is 1.89 bits per heavy atom. The fourth-order valence-corrected chi connectivity index (χ4v) is 2.73.